The number of aryl methyl sites for hydroxylation is 1. The molecular weight excluding hydrogens is 244 g/mol. The Kier molecular flexibility index (Phi) is 3.44. The summed E-state index contributed by atoms with van der Waals surface area (Å²) in [6.07, 6.45) is 1.26. The van der Waals surface area contributed by atoms with E-state index in [9.17, 15) is 4.79 Å². The van der Waals surface area contributed by atoms with E-state index in [1.54, 1.807) is 37.3 Å². The molecule has 0 saturated heterocycles. The molecule has 0 aliphatic heterocycles. The highest BCUT2D eigenvalue weighted by Gasteiger charge is 2.13. The number of pyridine rings is 1. The van der Waals surface area contributed by atoms with Gasteiger partial charge in [-0.2, -0.15) is 5.26 Å². The summed E-state index contributed by atoms with van der Waals surface area (Å²) in [5.74, 6) is -0.409. The molecule has 0 saturated carbocycles. The number of aromatic carboxylic acids is 1. The molecule has 0 atom stereocenters. The first-order valence-electron chi connectivity index (χ1n) is 5.48. The summed E-state index contributed by atoms with van der Waals surface area (Å²) < 4.78 is 5.52. The third-order valence-corrected chi connectivity index (χ3v) is 2.44. The lowest BCUT2D eigenvalue weighted by Crippen LogP contribution is -2.01. The van der Waals surface area contributed by atoms with E-state index in [4.69, 9.17) is 15.1 Å². The first-order chi connectivity index (χ1) is 9.10. The standard InChI is InChI=1S/C14H10N2O3/c1-9-6-13(12(8-16-9)14(17)18)19-11-4-2-10(7-15)3-5-11/h2-6,8H,1H3,(H,17,18). The van der Waals surface area contributed by atoms with Crippen LogP contribution in [0.25, 0.3) is 0 Å². The highest BCUT2D eigenvalue weighted by Crippen LogP contribution is 2.25. The highest BCUT2D eigenvalue weighted by molar-refractivity contribution is 5.90. The molecule has 0 aliphatic carbocycles. The second-order valence-corrected chi connectivity index (χ2v) is 3.87. The molecule has 2 rings (SSSR count). The molecule has 19 heavy (non-hydrogen) atoms. The molecule has 0 aliphatic rings. The predicted molar refractivity (Wildman–Crippen MR) is 67.2 cm³/mol. The fourth-order valence-electron chi connectivity index (χ4n) is 1.50. The number of ether oxygens (including phenoxy) is 1. The molecule has 0 unspecified atom stereocenters. The molecule has 0 radical (unpaired) electrons. The van der Waals surface area contributed by atoms with Crippen LogP contribution in [0.4, 0.5) is 0 Å². The number of carboxylic acids is 1. The lowest BCUT2D eigenvalue weighted by molar-refractivity contribution is 0.0693. The monoisotopic (exact) mass is 254 g/mol. The van der Waals surface area contributed by atoms with Crippen LogP contribution in [0.15, 0.2) is 36.5 Å². The summed E-state index contributed by atoms with van der Waals surface area (Å²) in [4.78, 5) is 15.0. The van der Waals surface area contributed by atoms with Crippen molar-refractivity contribution in [2.24, 2.45) is 0 Å². The second-order valence-electron chi connectivity index (χ2n) is 3.87. The Balaban J connectivity index is 2.34. The number of rotatable bonds is 3. The highest BCUT2D eigenvalue weighted by atomic mass is 16.5. The summed E-state index contributed by atoms with van der Waals surface area (Å²) in [6, 6.07) is 9.98. The van der Waals surface area contributed by atoms with Crippen LogP contribution < -0.4 is 4.74 Å². The average Bonchev–Trinajstić information content (AvgIpc) is 2.39. The zero-order chi connectivity index (χ0) is 13.8. The molecule has 5 heteroatoms. The summed E-state index contributed by atoms with van der Waals surface area (Å²) in [6.45, 7) is 1.75. The van der Waals surface area contributed by atoms with Crippen LogP contribution in [-0.4, -0.2) is 16.1 Å². The second kappa shape index (κ2) is 5.19. The third-order valence-electron chi connectivity index (χ3n) is 2.44. The molecule has 1 heterocycles. The van der Waals surface area contributed by atoms with Gasteiger partial charge < -0.3 is 9.84 Å². The lowest BCUT2D eigenvalue weighted by atomic mass is 10.2. The van der Waals surface area contributed by atoms with Crippen molar-refractivity contribution >= 4 is 5.97 Å². The Bertz CT molecular complexity index is 657. The predicted octanol–water partition coefficient (Wildman–Crippen LogP) is 2.75. The van der Waals surface area contributed by atoms with E-state index in [0.717, 1.165) is 0 Å². The van der Waals surface area contributed by atoms with Gasteiger partial charge in [0.2, 0.25) is 0 Å². The fourth-order valence-corrected chi connectivity index (χ4v) is 1.50. The van der Waals surface area contributed by atoms with Gasteiger partial charge in [-0.05, 0) is 31.2 Å². The smallest absolute Gasteiger partial charge is 0.341 e. The van der Waals surface area contributed by atoms with Crippen molar-refractivity contribution in [2.45, 2.75) is 6.92 Å². The Labute approximate surface area is 109 Å². The van der Waals surface area contributed by atoms with Crippen molar-refractivity contribution in [3.63, 3.8) is 0 Å². The molecule has 5 nitrogen and oxygen atoms in total. The van der Waals surface area contributed by atoms with E-state index in [0.29, 0.717) is 17.0 Å². The first-order valence-corrected chi connectivity index (χ1v) is 5.48. The summed E-state index contributed by atoms with van der Waals surface area (Å²) in [5.41, 5.74) is 1.17. The van der Waals surface area contributed by atoms with Crippen LogP contribution in [0.3, 0.4) is 0 Å². The average molecular weight is 254 g/mol. The van der Waals surface area contributed by atoms with Crippen LogP contribution >= 0.6 is 0 Å². The summed E-state index contributed by atoms with van der Waals surface area (Å²) in [7, 11) is 0. The zero-order valence-corrected chi connectivity index (χ0v) is 10.1. The van der Waals surface area contributed by atoms with Gasteiger partial charge in [0.05, 0.1) is 11.6 Å². The van der Waals surface area contributed by atoms with Gasteiger partial charge in [-0.1, -0.05) is 0 Å². The number of benzene rings is 1. The summed E-state index contributed by atoms with van der Waals surface area (Å²) in [5, 5.41) is 17.7. The van der Waals surface area contributed by atoms with Crippen molar-refractivity contribution in [3.8, 4) is 17.6 Å². The fraction of sp³-hybridized carbons (Fsp3) is 0.0714. The van der Waals surface area contributed by atoms with Gasteiger partial charge in [0, 0.05) is 18.0 Å². The number of carboxylic acid groups (broad SMARTS) is 1. The van der Waals surface area contributed by atoms with E-state index < -0.39 is 5.97 Å². The largest absolute Gasteiger partial charge is 0.477 e. The summed E-state index contributed by atoms with van der Waals surface area (Å²) >= 11 is 0. The normalized spacial score (nSPS) is 9.68. The minimum Gasteiger partial charge on any atom is -0.477 e. The van der Waals surface area contributed by atoms with Crippen molar-refractivity contribution in [1.82, 2.24) is 4.98 Å². The molecule has 94 valence electrons. The zero-order valence-electron chi connectivity index (χ0n) is 10.1. The maximum Gasteiger partial charge on any atom is 0.341 e. The number of hydrogen-bond donors (Lipinski definition) is 1. The van der Waals surface area contributed by atoms with E-state index in [-0.39, 0.29) is 11.3 Å². The molecule has 1 aromatic heterocycles. The van der Waals surface area contributed by atoms with Gasteiger partial charge in [-0.15, -0.1) is 0 Å². The van der Waals surface area contributed by atoms with Gasteiger partial charge in [-0.3, -0.25) is 4.98 Å². The molecule has 2 aromatic rings. The Morgan fingerprint density at radius 1 is 1.37 bits per heavy atom. The number of hydrogen-bond acceptors (Lipinski definition) is 4. The Hall–Kier alpha value is -2.87. The Morgan fingerprint density at radius 3 is 2.63 bits per heavy atom. The van der Waals surface area contributed by atoms with Gasteiger partial charge in [0.25, 0.3) is 0 Å². The van der Waals surface area contributed by atoms with Crippen molar-refractivity contribution in [3.05, 3.63) is 53.3 Å². The molecule has 0 fully saturated rings. The van der Waals surface area contributed by atoms with E-state index in [2.05, 4.69) is 4.98 Å². The minimum atomic E-state index is -1.10. The molecular formula is C14H10N2O3. The van der Waals surface area contributed by atoms with Gasteiger partial charge in [0.15, 0.2) is 0 Å². The number of aromatic nitrogens is 1. The maximum absolute atomic E-state index is 11.1. The van der Waals surface area contributed by atoms with Gasteiger partial charge in [-0.25, -0.2) is 4.79 Å². The van der Waals surface area contributed by atoms with Crippen LogP contribution in [0.1, 0.15) is 21.6 Å². The Morgan fingerprint density at radius 2 is 2.05 bits per heavy atom. The van der Waals surface area contributed by atoms with Crippen LogP contribution in [0.5, 0.6) is 11.5 Å². The van der Waals surface area contributed by atoms with E-state index >= 15 is 0 Å². The molecule has 0 spiro atoms. The molecule has 0 bridgehead atoms. The van der Waals surface area contributed by atoms with Crippen LogP contribution in [-0.2, 0) is 0 Å². The maximum atomic E-state index is 11.1. The van der Waals surface area contributed by atoms with E-state index in [1.165, 1.54) is 6.20 Å². The van der Waals surface area contributed by atoms with Gasteiger partial charge >= 0.3 is 5.97 Å². The minimum absolute atomic E-state index is 0.00467. The van der Waals surface area contributed by atoms with Crippen LogP contribution in [0, 0.1) is 18.3 Å². The van der Waals surface area contributed by atoms with Crippen molar-refractivity contribution < 1.29 is 14.6 Å². The number of nitriles is 1. The SMILES string of the molecule is Cc1cc(Oc2ccc(C#N)cc2)c(C(=O)O)cn1. The molecule has 0 amide bonds. The quantitative estimate of drug-likeness (QED) is 0.910. The third kappa shape index (κ3) is 2.87. The molecule has 1 N–H and O–H groups in total. The first kappa shape index (κ1) is 12.6. The van der Waals surface area contributed by atoms with Gasteiger partial charge in [0.1, 0.15) is 17.1 Å². The number of nitrogens with zero attached hydrogens (tertiary/aromatic N) is 2. The van der Waals surface area contributed by atoms with Crippen LogP contribution in [0.2, 0.25) is 0 Å². The van der Waals surface area contributed by atoms with E-state index in [1.807, 2.05) is 6.07 Å². The number of carbonyl (C=O) groups is 1. The van der Waals surface area contributed by atoms with Crippen molar-refractivity contribution in [1.29, 1.82) is 5.26 Å². The molecule has 1 aromatic carbocycles. The lowest BCUT2D eigenvalue weighted by Gasteiger charge is -2.09. The topological polar surface area (TPSA) is 83.2 Å². The van der Waals surface area contributed by atoms with Crippen molar-refractivity contribution in [2.75, 3.05) is 0 Å².